The minimum atomic E-state index is -0.242. The summed E-state index contributed by atoms with van der Waals surface area (Å²) in [5.74, 6) is -0.0128. The van der Waals surface area contributed by atoms with Crippen molar-refractivity contribution in [3.05, 3.63) is 76.7 Å². The van der Waals surface area contributed by atoms with Crippen LogP contribution in [0.5, 0.6) is 0 Å². The van der Waals surface area contributed by atoms with Crippen LogP contribution < -0.4 is 5.56 Å². The molecule has 6 heteroatoms. The van der Waals surface area contributed by atoms with Gasteiger partial charge in [0.25, 0.3) is 5.56 Å². The Morgan fingerprint density at radius 3 is 2.43 bits per heavy atom. The Balaban J connectivity index is 1.35. The van der Waals surface area contributed by atoms with E-state index in [0.717, 1.165) is 31.6 Å². The number of aromatic nitrogens is 2. The van der Waals surface area contributed by atoms with Gasteiger partial charge in [0.1, 0.15) is 6.54 Å². The number of fused-ring (bicyclic) bond motifs is 1. The zero-order valence-corrected chi connectivity index (χ0v) is 15.8. The molecule has 4 rings (SSSR count). The summed E-state index contributed by atoms with van der Waals surface area (Å²) < 4.78 is 1.52. The highest BCUT2D eigenvalue weighted by atomic mass is 16.2. The molecular formula is C22H24N4O2. The van der Waals surface area contributed by atoms with E-state index in [1.807, 2.05) is 35.2 Å². The fourth-order valence-electron chi connectivity index (χ4n) is 3.67. The van der Waals surface area contributed by atoms with Crippen LogP contribution in [0.4, 0.5) is 0 Å². The van der Waals surface area contributed by atoms with Crippen molar-refractivity contribution in [3.8, 4) is 0 Å². The van der Waals surface area contributed by atoms with Gasteiger partial charge in [0.15, 0.2) is 0 Å². The second kappa shape index (κ2) is 8.35. The highest BCUT2D eigenvalue weighted by Gasteiger charge is 2.21. The molecule has 0 atom stereocenters. The Labute approximate surface area is 164 Å². The van der Waals surface area contributed by atoms with Crippen molar-refractivity contribution in [2.75, 3.05) is 32.7 Å². The van der Waals surface area contributed by atoms with E-state index in [1.54, 1.807) is 0 Å². The number of piperazine rings is 1. The molecule has 1 aromatic heterocycles. The number of carbonyl (C=O) groups is 1. The quantitative estimate of drug-likeness (QED) is 0.681. The predicted molar refractivity (Wildman–Crippen MR) is 109 cm³/mol. The van der Waals surface area contributed by atoms with Gasteiger partial charge in [-0.05, 0) is 24.1 Å². The Hall–Kier alpha value is -2.99. The van der Waals surface area contributed by atoms with Crippen molar-refractivity contribution < 1.29 is 4.79 Å². The minimum Gasteiger partial charge on any atom is -0.339 e. The van der Waals surface area contributed by atoms with Crippen molar-refractivity contribution in [3.63, 3.8) is 0 Å². The zero-order chi connectivity index (χ0) is 19.3. The smallest absolute Gasteiger partial charge is 0.269 e. The van der Waals surface area contributed by atoms with Gasteiger partial charge < -0.3 is 4.90 Å². The summed E-state index contributed by atoms with van der Waals surface area (Å²) in [6.07, 6.45) is 2.31. The average molecular weight is 376 g/mol. The lowest BCUT2D eigenvalue weighted by atomic mass is 10.1. The van der Waals surface area contributed by atoms with Crippen LogP contribution in [0.25, 0.3) is 11.0 Å². The molecule has 0 spiro atoms. The van der Waals surface area contributed by atoms with Crippen LogP contribution in [0, 0.1) is 0 Å². The lowest BCUT2D eigenvalue weighted by Gasteiger charge is -2.35. The fraction of sp³-hybridized carbons (Fsp3) is 0.318. The van der Waals surface area contributed by atoms with Gasteiger partial charge in [0.05, 0.1) is 17.2 Å². The monoisotopic (exact) mass is 376 g/mol. The first-order valence-electron chi connectivity index (χ1n) is 9.69. The molecule has 0 radical (unpaired) electrons. The van der Waals surface area contributed by atoms with Gasteiger partial charge in [-0.15, -0.1) is 0 Å². The normalized spacial score (nSPS) is 15.1. The molecule has 3 aromatic rings. The van der Waals surface area contributed by atoms with Crippen LogP contribution in [0.3, 0.4) is 0 Å². The number of rotatable bonds is 5. The van der Waals surface area contributed by atoms with E-state index in [4.69, 9.17) is 0 Å². The van der Waals surface area contributed by atoms with Crippen LogP contribution in [0.2, 0.25) is 0 Å². The van der Waals surface area contributed by atoms with Crippen molar-refractivity contribution in [2.45, 2.75) is 13.0 Å². The third-order valence-corrected chi connectivity index (χ3v) is 5.33. The van der Waals surface area contributed by atoms with Crippen molar-refractivity contribution >= 4 is 16.9 Å². The molecule has 0 unspecified atom stereocenters. The summed E-state index contributed by atoms with van der Waals surface area (Å²) in [5.41, 5.74) is 2.52. The standard InChI is InChI=1S/C22H24N4O2/c27-21-16-23-19-8-4-5-9-20(19)26(21)17-22(28)25-14-12-24(13-15-25)11-10-18-6-2-1-3-7-18/h1-9,16H,10-15,17H2. The number of carbonyl (C=O) groups excluding carboxylic acids is 1. The highest BCUT2D eigenvalue weighted by Crippen LogP contribution is 2.10. The second-order valence-corrected chi connectivity index (χ2v) is 7.13. The molecule has 1 fully saturated rings. The van der Waals surface area contributed by atoms with Crippen molar-refractivity contribution in [1.82, 2.24) is 19.4 Å². The molecular weight excluding hydrogens is 352 g/mol. The van der Waals surface area contributed by atoms with Gasteiger partial charge >= 0.3 is 0 Å². The maximum Gasteiger partial charge on any atom is 0.269 e. The van der Waals surface area contributed by atoms with Crippen LogP contribution in [-0.4, -0.2) is 58.0 Å². The zero-order valence-electron chi connectivity index (χ0n) is 15.8. The van der Waals surface area contributed by atoms with Gasteiger partial charge in [0, 0.05) is 32.7 Å². The van der Waals surface area contributed by atoms with Gasteiger partial charge in [-0.3, -0.25) is 19.1 Å². The fourth-order valence-corrected chi connectivity index (χ4v) is 3.67. The topological polar surface area (TPSA) is 58.4 Å². The SMILES string of the molecule is O=C(Cn1c(=O)cnc2ccccc21)N1CCN(CCc2ccccc2)CC1. The van der Waals surface area contributed by atoms with E-state index in [2.05, 4.69) is 34.1 Å². The molecule has 0 saturated carbocycles. The molecule has 0 aliphatic carbocycles. The molecule has 2 heterocycles. The Morgan fingerprint density at radius 1 is 0.929 bits per heavy atom. The summed E-state index contributed by atoms with van der Waals surface area (Å²) in [6.45, 7) is 4.19. The van der Waals surface area contributed by atoms with Crippen LogP contribution in [-0.2, 0) is 17.8 Å². The lowest BCUT2D eigenvalue weighted by molar-refractivity contribution is -0.133. The molecule has 0 N–H and O–H groups in total. The van der Waals surface area contributed by atoms with E-state index in [1.165, 1.54) is 16.3 Å². The maximum absolute atomic E-state index is 12.8. The van der Waals surface area contributed by atoms with Crippen LogP contribution in [0.1, 0.15) is 5.56 Å². The molecule has 1 aliphatic heterocycles. The molecule has 144 valence electrons. The number of hydrogen-bond acceptors (Lipinski definition) is 4. The third kappa shape index (κ3) is 4.12. The first kappa shape index (κ1) is 18.4. The molecule has 28 heavy (non-hydrogen) atoms. The van der Waals surface area contributed by atoms with Gasteiger partial charge in [-0.25, -0.2) is 4.98 Å². The van der Waals surface area contributed by atoms with E-state index in [-0.39, 0.29) is 18.0 Å². The minimum absolute atomic E-state index is 0.0128. The molecule has 1 amide bonds. The Morgan fingerprint density at radius 2 is 1.64 bits per heavy atom. The summed E-state index contributed by atoms with van der Waals surface area (Å²) in [6, 6.07) is 17.9. The number of nitrogens with zero attached hydrogens (tertiary/aromatic N) is 4. The molecule has 0 bridgehead atoms. The van der Waals surface area contributed by atoms with Gasteiger partial charge in [0.2, 0.25) is 5.91 Å². The summed E-state index contributed by atoms with van der Waals surface area (Å²) >= 11 is 0. The second-order valence-electron chi connectivity index (χ2n) is 7.13. The maximum atomic E-state index is 12.8. The first-order chi connectivity index (χ1) is 13.7. The van der Waals surface area contributed by atoms with Gasteiger partial charge in [-0.2, -0.15) is 0 Å². The molecule has 2 aromatic carbocycles. The van der Waals surface area contributed by atoms with E-state index in [9.17, 15) is 9.59 Å². The van der Waals surface area contributed by atoms with E-state index in [0.29, 0.717) is 18.6 Å². The Bertz CT molecular complexity index is 1010. The lowest BCUT2D eigenvalue weighted by Crippen LogP contribution is -2.50. The van der Waals surface area contributed by atoms with Gasteiger partial charge in [-0.1, -0.05) is 42.5 Å². The van der Waals surface area contributed by atoms with E-state index < -0.39 is 0 Å². The summed E-state index contributed by atoms with van der Waals surface area (Å²) in [7, 11) is 0. The average Bonchev–Trinajstić information content (AvgIpc) is 2.75. The van der Waals surface area contributed by atoms with Crippen LogP contribution >= 0.6 is 0 Å². The Kier molecular flexibility index (Phi) is 5.48. The number of para-hydroxylation sites is 2. The predicted octanol–water partition coefficient (Wildman–Crippen LogP) is 1.78. The van der Waals surface area contributed by atoms with Crippen LogP contribution in [0.15, 0.2) is 65.6 Å². The molecule has 1 saturated heterocycles. The molecule has 6 nitrogen and oxygen atoms in total. The third-order valence-electron chi connectivity index (χ3n) is 5.33. The largest absolute Gasteiger partial charge is 0.339 e. The van der Waals surface area contributed by atoms with E-state index >= 15 is 0 Å². The highest BCUT2D eigenvalue weighted by molar-refractivity contribution is 5.80. The van der Waals surface area contributed by atoms with Crippen molar-refractivity contribution in [1.29, 1.82) is 0 Å². The number of benzene rings is 2. The molecule has 1 aliphatic rings. The first-order valence-corrected chi connectivity index (χ1v) is 9.69. The number of hydrogen-bond donors (Lipinski definition) is 0. The van der Waals surface area contributed by atoms with Crippen molar-refractivity contribution in [2.24, 2.45) is 0 Å². The summed E-state index contributed by atoms with van der Waals surface area (Å²) in [5, 5.41) is 0. The summed E-state index contributed by atoms with van der Waals surface area (Å²) in [4.78, 5) is 33.4. The number of amides is 1.